The van der Waals surface area contributed by atoms with Crippen LogP contribution in [-0.4, -0.2) is 10.9 Å². The average molecular weight is 198 g/mol. The zero-order valence-corrected chi connectivity index (χ0v) is 8.13. The second-order valence-corrected chi connectivity index (χ2v) is 3.57. The lowest BCUT2D eigenvalue weighted by atomic mass is 10.1. The SMILES string of the molecule is O=C1Cc2ccccc2N2C=CC=CN12. The predicted molar refractivity (Wildman–Crippen MR) is 57.8 cm³/mol. The summed E-state index contributed by atoms with van der Waals surface area (Å²) in [5.74, 6) is 0.106. The van der Waals surface area contributed by atoms with Crippen molar-refractivity contribution in [3.8, 4) is 0 Å². The van der Waals surface area contributed by atoms with Crippen LogP contribution in [0.15, 0.2) is 48.8 Å². The molecule has 1 aromatic rings. The Kier molecular flexibility index (Phi) is 1.65. The van der Waals surface area contributed by atoms with Gasteiger partial charge in [0.1, 0.15) is 0 Å². The summed E-state index contributed by atoms with van der Waals surface area (Å²) in [5, 5.41) is 3.52. The van der Waals surface area contributed by atoms with Gasteiger partial charge < -0.3 is 0 Å². The van der Waals surface area contributed by atoms with E-state index < -0.39 is 0 Å². The minimum absolute atomic E-state index is 0.106. The quantitative estimate of drug-likeness (QED) is 0.635. The van der Waals surface area contributed by atoms with E-state index in [1.54, 1.807) is 11.2 Å². The van der Waals surface area contributed by atoms with Gasteiger partial charge >= 0.3 is 0 Å². The van der Waals surface area contributed by atoms with Crippen molar-refractivity contribution in [1.29, 1.82) is 0 Å². The van der Waals surface area contributed by atoms with Crippen molar-refractivity contribution < 1.29 is 4.79 Å². The van der Waals surface area contributed by atoms with Crippen LogP contribution in [0.3, 0.4) is 0 Å². The number of para-hydroxylation sites is 1. The predicted octanol–water partition coefficient (Wildman–Crippen LogP) is 1.83. The number of amides is 1. The van der Waals surface area contributed by atoms with Gasteiger partial charge in [-0.1, -0.05) is 18.2 Å². The molecule has 3 heteroatoms. The van der Waals surface area contributed by atoms with E-state index in [1.165, 1.54) is 0 Å². The lowest BCUT2D eigenvalue weighted by molar-refractivity contribution is -0.128. The number of hydrogen-bond acceptors (Lipinski definition) is 2. The number of anilines is 1. The molecule has 15 heavy (non-hydrogen) atoms. The van der Waals surface area contributed by atoms with Crippen molar-refractivity contribution in [2.75, 3.05) is 5.01 Å². The highest BCUT2D eigenvalue weighted by atomic mass is 16.2. The molecule has 0 aliphatic carbocycles. The third kappa shape index (κ3) is 1.16. The topological polar surface area (TPSA) is 23.6 Å². The molecule has 2 aliphatic heterocycles. The first-order valence-electron chi connectivity index (χ1n) is 4.90. The van der Waals surface area contributed by atoms with Gasteiger partial charge in [-0.15, -0.1) is 0 Å². The monoisotopic (exact) mass is 198 g/mol. The first kappa shape index (κ1) is 8.29. The number of allylic oxidation sites excluding steroid dienone is 2. The van der Waals surface area contributed by atoms with Gasteiger partial charge in [-0.3, -0.25) is 9.80 Å². The van der Waals surface area contributed by atoms with Crippen LogP contribution in [0.25, 0.3) is 0 Å². The summed E-state index contributed by atoms with van der Waals surface area (Å²) in [5.41, 5.74) is 2.16. The molecular weight excluding hydrogens is 188 g/mol. The largest absolute Gasteiger partial charge is 0.272 e. The fourth-order valence-electron chi connectivity index (χ4n) is 1.93. The maximum atomic E-state index is 11.8. The summed E-state index contributed by atoms with van der Waals surface area (Å²) in [7, 11) is 0. The van der Waals surface area contributed by atoms with Gasteiger partial charge in [-0.05, 0) is 23.8 Å². The lowest BCUT2D eigenvalue weighted by Gasteiger charge is -2.37. The number of fused-ring (bicyclic) bond motifs is 3. The van der Waals surface area contributed by atoms with Crippen molar-refractivity contribution in [2.45, 2.75) is 6.42 Å². The smallest absolute Gasteiger partial charge is 0.250 e. The Hall–Kier alpha value is -2.03. The Balaban J connectivity index is 2.15. The Morgan fingerprint density at radius 2 is 1.73 bits per heavy atom. The molecule has 3 rings (SSSR count). The number of hydrogen-bond donors (Lipinski definition) is 0. The molecule has 1 amide bonds. The zero-order chi connectivity index (χ0) is 10.3. The van der Waals surface area contributed by atoms with E-state index in [2.05, 4.69) is 0 Å². The van der Waals surface area contributed by atoms with Crippen LogP contribution in [0.5, 0.6) is 0 Å². The molecule has 0 bridgehead atoms. The minimum Gasteiger partial charge on any atom is -0.272 e. The molecule has 0 radical (unpaired) electrons. The van der Waals surface area contributed by atoms with Crippen molar-refractivity contribution in [2.24, 2.45) is 0 Å². The van der Waals surface area contributed by atoms with Crippen molar-refractivity contribution in [3.05, 3.63) is 54.4 Å². The van der Waals surface area contributed by atoms with Crippen molar-refractivity contribution in [3.63, 3.8) is 0 Å². The highest BCUT2D eigenvalue weighted by Crippen LogP contribution is 2.29. The summed E-state index contributed by atoms with van der Waals surface area (Å²) in [6.45, 7) is 0. The normalized spacial score (nSPS) is 17.7. The fourth-order valence-corrected chi connectivity index (χ4v) is 1.93. The number of carbonyl (C=O) groups excluding carboxylic acids is 1. The summed E-state index contributed by atoms with van der Waals surface area (Å²) in [4.78, 5) is 11.8. The van der Waals surface area contributed by atoms with Crippen LogP contribution in [0, 0.1) is 0 Å². The molecule has 74 valence electrons. The standard InChI is InChI=1S/C12H10N2O/c15-12-9-10-5-1-2-6-11(10)13-7-3-4-8-14(12)13/h1-8H,9H2. The van der Waals surface area contributed by atoms with E-state index in [0.717, 1.165) is 11.3 Å². The van der Waals surface area contributed by atoms with E-state index in [9.17, 15) is 4.79 Å². The molecule has 0 aromatic heterocycles. The highest BCUT2D eigenvalue weighted by Gasteiger charge is 2.27. The number of carbonyl (C=O) groups is 1. The first-order valence-corrected chi connectivity index (χ1v) is 4.90. The summed E-state index contributed by atoms with van der Waals surface area (Å²) in [6.07, 6.45) is 7.95. The van der Waals surface area contributed by atoms with Gasteiger partial charge in [-0.25, -0.2) is 5.01 Å². The Morgan fingerprint density at radius 3 is 2.60 bits per heavy atom. The third-order valence-electron chi connectivity index (χ3n) is 2.63. The van der Waals surface area contributed by atoms with Crippen LogP contribution < -0.4 is 5.01 Å². The van der Waals surface area contributed by atoms with Crippen molar-refractivity contribution >= 4 is 11.6 Å². The molecule has 0 spiro atoms. The van der Waals surface area contributed by atoms with Crippen LogP contribution in [-0.2, 0) is 11.2 Å². The molecule has 3 nitrogen and oxygen atoms in total. The average Bonchev–Trinajstić information content (AvgIpc) is 2.30. The lowest BCUT2D eigenvalue weighted by Crippen LogP contribution is -2.45. The second kappa shape index (κ2) is 2.98. The molecule has 2 aliphatic rings. The van der Waals surface area contributed by atoms with Gasteiger partial charge in [0.25, 0.3) is 0 Å². The van der Waals surface area contributed by atoms with E-state index in [0.29, 0.717) is 6.42 Å². The number of hydrazine groups is 1. The molecular formula is C12H10N2O. The molecule has 0 N–H and O–H groups in total. The third-order valence-corrected chi connectivity index (χ3v) is 2.63. The van der Waals surface area contributed by atoms with Crippen molar-refractivity contribution in [1.82, 2.24) is 5.01 Å². The minimum atomic E-state index is 0.106. The molecule has 1 aromatic carbocycles. The molecule has 2 heterocycles. The van der Waals surface area contributed by atoms with Gasteiger partial charge in [-0.2, -0.15) is 0 Å². The molecule has 0 saturated heterocycles. The van der Waals surface area contributed by atoms with Gasteiger partial charge in [0.05, 0.1) is 12.1 Å². The van der Waals surface area contributed by atoms with Crippen LogP contribution >= 0.6 is 0 Å². The molecule has 0 saturated carbocycles. The Labute approximate surface area is 87.9 Å². The first-order chi connectivity index (χ1) is 7.36. The highest BCUT2D eigenvalue weighted by molar-refractivity contribution is 5.87. The number of rotatable bonds is 0. The molecule has 0 fully saturated rings. The van der Waals surface area contributed by atoms with Crippen LogP contribution in [0.2, 0.25) is 0 Å². The maximum Gasteiger partial charge on any atom is 0.250 e. The molecule has 0 unspecified atom stereocenters. The summed E-state index contributed by atoms with van der Waals surface area (Å²) in [6, 6.07) is 7.97. The fraction of sp³-hybridized carbons (Fsp3) is 0.0833. The Bertz CT molecular complexity index is 476. The zero-order valence-electron chi connectivity index (χ0n) is 8.13. The second-order valence-electron chi connectivity index (χ2n) is 3.57. The van der Waals surface area contributed by atoms with E-state index >= 15 is 0 Å². The summed E-state index contributed by atoms with van der Waals surface area (Å²) >= 11 is 0. The van der Waals surface area contributed by atoms with Gasteiger partial charge in [0.15, 0.2) is 0 Å². The van der Waals surface area contributed by atoms with Gasteiger partial charge in [0, 0.05) is 12.4 Å². The molecule has 0 atom stereocenters. The van der Waals surface area contributed by atoms with E-state index in [-0.39, 0.29) is 5.91 Å². The maximum absolute atomic E-state index is 11.8. The van der Waals surface area contributed by atoms with E-state index in [4.69, 9.17) is 0 Å². The van der Waals surface area contributed by atoms with E-state index in [1.807, 2.05) is 47.6 Å². The van der Waals surface area contributed by atoms with Gasteiger partial charge in [0.2, 0.25) is 5.91 Å². The summed E-state index contributed by atoms with van der Waals surface area (Å²) < 4.78 is 0. The number of benzene rings is 1. The Morgan fingerprint density at radius 1 is 1.00 bits per heavy atom. The number of nitrogens with zero attached hydrogens (tertiary/aromatic N) is 2. The van der Waals surface area contributed by atoms with Crippen LogP contribution in [0.4, 0.5) is 5.69 Å². The van der Waals surface area contributed by atoms with Crippen LogP contribution in [0.1, 0.15) is 5.56 Å².